The second-order valence-electron chi connectivity index (χ2n) is 6.74. The highest BCUT2D eigenvalue weighted by Gasteiger charge is 2.23. The molecule has 0 spiro atoms. The second-order valence-corrected chi connectivity index (χ2v) is 7.61. The molecule has 1 atom stereocenters. The summed E-state index contributed by atoms with van der Waals surface area (Å²) < 4.78 is 0. The molecule has 1 unspecified atom stereocenters. The number of fused-ring (bicyclic) bond motifs is 1. The standard InChI is InChI=1S/C21H20Cl2N2O/c22-15-6-4-14(5-7-15)19-13-18(21(26)25-10-2-1-3-11-25)17-9-8-16(23)12-20(17)24-19/h4-9,12-13,21,26H,1-3,10-11H2. The summed E-state index contributed by atoms with van der Waals surface area (Å²) in [6.45, 7) is 1.82. The van der Waals surface area contributed by atoms with Gasteiger partial charge in [0.25, 0.3) is 0 Å². The molecule has 5 heteroatoms. The lowest BCUT2D eigenvalue weighted by atomic mass is 10.0. The van der Waals surface area contributed by atoms with Gasteiger partial charge in [-0.05, 0) is 43.2 Å². The Bertz CT molecular complexity index is 921. The van der Waals surface area contributed by atoms with E-state index in [0.29, 0.717) is 10.0 Å². The van der Waals surface area contributed by atoms with Crippen LogP contribution in [0.4, 0.5) is 0 Å². The molecule has 2 aromatic carbocycles. The van der Waals surface area contributed by atoms with Crippen molar-refractivity contribution in [3.05, 3.63) is 64.1 Å². The number of benzene rings is 2. The van der Waals surface area contributed by atoms with Crippen LogP contribution in [0.1, 0.15) is 31.1 Å². The van der Waals surface area contributed by atoms with Crippen molar-refractivity contribution in [2.45, 2.75) is 25.5 Å². The van der Waals surface area contributed by atoms with Gasteiger partial charge >= 0.3 is 0 Å². The lowest BCUT2D eigenvalue weighted by Crippen LogP contribution is -2.33. The summed E-state index contributed by atoms with van der Waals surface area (Å²) >= 11 is 12.2. The van der Waals surface area contributed by atoms with Crippen LogP contribution in [0.15, 0.2) is 48.5 Å². The van der Waals surface area contributed by atoms with Crippen LogP contribution in [0.25, 0.3) is 22.2 Å². The fraction of sp³-hybridized carbons (Fsp3) is 0.286. The van der Waals surface area contributed by atoms with Crippen molar-refractivity contribution < 1.29 is 5.11 Å². The Labute approximate surface area is 163 Å². The van der Waals surface area contributed by atoms with Crippen molar-refractivity contribution in [3.63, 3.8) is 0 Å². The molecule has 0 saturated carbocycles. The summed E-state index contributed by atoms with van der Waals surface area (Å²) in [5, 5.41) is 13.3. The van der Waals surface area contributed by atoms with E-state index in [1.165, 1.54) is 6.42 Å². The maximum Gasteiger partial charge on any atom is 0.134 e. The number of hydrogen-bond acceptors (Lipinski definition) is 3. The number of hydrogen-bond donors (Lipinski definition) is 1. The molecule has 1 saturated heterocycles. The zero-order valence-corrected chi connectivity index (χ0v) is 15.8. The molecule has 0 radical (unpaired) electrons. The van der Waals surface area contributed by atoms with Crippen molar-refractivity contribution in [3.8, 4) is 11.3 Å². The van der Waals surface area contributed by atoms with Gasteiger partial charge in [0.15, 0.2) is 0 Å². The van der Waals surface area contributed by atoms with Gasteiger partial charge in [0.1, 0.15) is 6.23 Å². The summed E-state index contributed by atoms with van der Waals surface area (Å²) in [5.41, 5.74) is 3.43. The highest BCUT2D eigenvalue weighted by molar-refractivity contribution is 6.31. The van der Waals surface area contributed by atoms with E-state index in [2.05, 4.69) is 4.90 Å². The molecule has 1 aliphatic heterocycles. The third kappa shape index (κ3) is 3.58. The zero-order chi connectivity index (χ0) is 18.1. The number of halogens is 2. The van der Waals surface area contributed by atoms with Crippen LogP contribution in [0, 0.1) is 0 Å². The van der Waals surface area contributed by atoms with Crippen molar-refractivity contribution in [2.24, 2.45) is 0 Å². The maximum atomic E-state index is 11.1. The van der Waals surface area contributed by atoms with E-state index in [1.807, 2.05) is 48.5 Å². The molecule has 0 aliphatic carbocycles. The number of aliphatic hydroxyl groups is 1. The van der Waals surface area contributed by atoms with E-state index in [1.54, 1.807) is 0 Å². The predicted octanol–water partition coefficient (Wildman–Crippen LogP) is 5.69. The molecule has 3 aromatic rings. The van der Waals surface area contributed by atoms with Crippen molar-refractivity contribution in [1.29, 1.82) is 0 Å². The van der Waals surface area contributed by atoms with Crippen LogP contribution in [-0.2, 0) is 0 Å². The topological polar surface area (TPSA) is 36.4 Å². The SMILES string of the molecule is OC(c1cc(-c2ccc(Cl)cc2)nc2cc(Cl)ccc12)N1CCCCC1. The van der Waals surface area contributed by atoms with Crippen molar-refractivity contribution in [2.75, 3.05) is 13.1 Å². The van der Waals surface area contributed by atoms with Crippen LogP contribution >= 0.6 is 23.2 Å². The van der Waals surface area contributed by atoms with Gasteiger partial charge in [0, 0.05) is 39.6 Å². The van der Waals surface area contributed by atoms with Crippen LogP contribution in [0.2, 0.25) is 10.0 Å². The molecule has 26 heavy (non-hydrogen) atoms. The average molecular weight is 387 g/mol. The number of piperidine rings is 1. The first-order chi connectivity index (χ1) is 12.6. The molecule has 1 fully saturated rings. The van der Waals surface area contributed by atoms with E-state index in [-0.39, 0.29) is 0 Å². The highest BCUT2D eigenvalue weighted by atomic mass is 35.5. The van der Waals surface area contributed by atoms with E-state index in [0.717, 1.165) is 53.7 Å². The van der Waals surface area contributed by atoms with Crippen LogP contribution < -0.4 is 0 Å². The summed E-state index contributed by atoms with van der Waals surface area (Å²) in [5.74, 6) is 0. The summed E-state index contributed by atoms with van der Waals surface area (Å²) in [7, 11) is 0. The third-order valence-corrected chi connectivity index (χ3v) is 5.45. The van der Waals surface area contributed by atoms with E-state index in [4.69, 9.17) is 28.2 Å². The molecule has 1 aliphatic rings. The Morgan fingerprint density at radius 2 is 1.58 bits per heavy atom. The molecule has 1 aromatic heterocycles. The average Bonchev–Trinajstić information content (AvgIpc) is 2.67. The number of pyridine rings is 1. The van der Waals surface area contributed by atoms with E-state index >= 15 is 0 Å². The molecule has 3 nitrogen and oxygen atoms in total. The normalized spacial score (nSPS) is 16.7. The van der Waals surface area contributed by atoms with Crippen molar-refractivity contribution >= 4 is 34.1 Å². The van der Waals surface area contributed by atoms with Gasteiger partial charge in [0.05, 0.1) is 11.2 Å². The smallest absolute Gasteiger partial charge is 0.134 e. The second kappa shape index (κ2) is 7.53. The number of rotatable bonds is 3. The number of aromatic nitrogens is 1. The Morgan fingerprint density at radius 3 is 2.31 bits per heavy atom. The minimum atomic E-state index is -0.645. The molecule has 4 rings (SSSR count). The first-order valence-corrected chi connectivity index (χ1v) is 9.66. The third-order valence-electron chi connectivity index (χ3n) is 4.96. The first kappa shape index (κ1) is 17.7. The number of aliphatic hydroxyl groups excluding tert-OH is 1. The maximum absolute atomic E-state index is 11.1. The molecular formula is C21H20Cl2N2O. The zero-order valence-electron chi connectivity index (χ0n) is 14.3. The van der Waals surface area contributed by atoms with Gasteiger partial charge in [0.2, 0.25) is 0 Å². The molecule has 134 valence electrons. The lowest BCUT2D eigenvalue weighted by Gasteiger charge is -2.32. The largest absolute Gasteiger partial charge is 0.374 e. The Balaban J connectivity index is 1.85. The minimum Gasteiger partial charge on any atom is -0.374 e. The molecule has 2 heterocycles. The van der Waals surface area contributed by atoms with Gasteiger partial charge in [-0.25, -0.2) is 4.98 Å². The van der Waals surface area contributed by atoms with Crippen LogP contribution in [0.5, 0.6) is 0 Å². The molecular weight excluding hydrogens is 367 g/mol. The fourth-order valence-corrected chi connectivity index (χ4v) is 3.86. The minimum absolute atomic E-state index is 0.636. The van der Waals surface area contributed by atoms with Crippen LogP contribution in [-0.4, -0.2) is 28.1 Å². The van der Waals surface area contributed by atoms with Gasteiger partial charge in [-0.3, -0.25) is 4.90 Å². The fourth-order valence-electron chi connectivity index (χ4n) is 3.57. The Morgan fingerprint density at radius 1 is 0.885 bits per heavy atom. The summed E-state index contributed by atoms with van der Waals surface area (Å²) in [4.78, 5) is 6.90. The van der Waals surface area contributed by atoms with Crippen molar-refractivity contribution in [1.82, 2.24) is 9.88 Å². The summed E-state index contributed by atoms with van der Waals surface area (Å²) in [6.07, 6.45) is 2.82. The monoisotopic (exact) mass is 386 g/mol. The number of nitrogens with zero attached hydrogens (tertiary/aromatic N) is 2. The highest BCUT2D eigenvalue weighted by Crippen LogP contribution is 2.33. The Hall–Kier alpha value is -1.65. The lowest BCUT2D eigenvalue weighted by molar-refractivity contribution is -0.00878. The van der Waals surface area contributed by atoms with Crippen LogP contribution in [0.3, 0.4) is 0 Å². The molecule has 0 amide bonds. The molecule has 0 bridgehead atoms. The van der Waals surface area contributed by atoms with E-state index < -0.39 is 6.23 Å². The first-order valence-electron chi connectivity index (χ1n) is 8.90. The van der Waals surface area contributed by atoms with Gasteiger partial charge in [-0.1, -0.05) is 47.8 Å². The predicted molar refractivity (Wildman–Crippen MR) is 108 cm³/mol. The van der Waals surface area contributed by atoms with Gasteiger partial charge in [-0.2, -0.15) is 0 Å². The van der Waals surface area contributed by atoms with Gasteiger partial charge < -0.3 is 5.11 Å². The molecule has 1 N–H and O–H groups in total. The quantitative estimate of drug-likeness (QED) is 0.628. The Kier molecular flexibility index (Phi) is 5.14. The summed E-state index contributed by atoms with van der Waals surface area (Å²) in [6, 6.07) is 15.2. The van der Waals surface area contributed by atoms with E-state index in [9.17, 15) is 5.11 Å². The number of likely N-dealkylation sites (tertiary alicyclic amines) is 1. The van der Waals surface area contributed by atoms with Gasteiger partial charge in [-0.15, -0.1) is 0 Å².